The van der Waals surface area contributed by atoms with Gasteiger partial charge in [-0.2, -0.15) is 0 Å². The number of aldehydes is 1. The van der Waals surface area contributed by atoms with Gasteiger partial charge in [0.25, 0.3) is 0 Å². The molecule has 1 aliphatic rings. The van der Waals surface area contributed by atoms with Gasteiger partial charge in [-0.1, -0.05) is 24.3 Å². The van der Waals surface area contributed by atoms with Crippen LogP contribution < -0.4 is 0 Å². The van der Waals surface area contributed by atoms with E-state index in [1.807, 2.05) is 24.3 Å². The van der Waals surface area contributed by atoms with Crippen LogP contribution in [0.4, 0.5) is 0 Å². The number of aliphatic hydroxyl groups is 1. The fourth-order valence-electron chi connectivity index (χ4n) is 1.68. The zero-order chi connectivity index (χ0) is 9.26. The highest BCUT2D eigenvalue weighted by Crippen LogP contribution is 2.46. The van der Waals surface area contributed by atoms with Crippen molar-refractivity contribution < 1.29 is 9.90 Å². The molecule has 1 N–H and O–H groups in total. The summed E-state index contributed by atoms with van der Waals surface area (Å²) in [7, 11) is 0. The lowest BCUT2D eigenvalue weighted by atomic mass is 10.1. The number of aliphatic hydroxyl groups excluding tert-OH is 1. The Morgan fingerprint density at radius 1 is 1.38 bits per heavy atom. The number of carbonyl (C=O) groups excluding carboxylic acids is 1. The second-order valence-electron chi connectivity index (χ2n) is 3.57. The van der Waals surface area contributed by atoms with Crippen LogP contribution in [-0.4, -0.2) is 18.0 Å². The Labute approximate surface area is 77.2 Å². The van der Waals surface area contributed by atoms with Crippen LogP contribution in [0.2, 0.25) is 0 Å². The van der Waals surface area contributed by atoms with E-state index in [2.05, 4.69) is 0 Å². The van der Waals surface area contributed by atoms with E-state index in [0.717, 1.165) is 12.7 Å². The third-order valence-corrected chi connectivity index (χ3v) is 2.66. The summed E-state index contributed by atoms with van der Waals surface area (Å²) in [6, 6.07) is 7.61. The van der Waals surface area contributed by atoms with E-state index in [9.17, 15) is 4.79 Å². The largest absolute Gasteiger partial charge is 0.396 e. The monoisotopic (exact) mass is 176 g/mol. The molecule has 2 atom stereocenters. The molecule has 2 rings (SSSR count). The standard InChI is InChI=1S/C11H12O2/c12-6-8-1-3-9(4-2-8)11-5-10(11)7-13/h1-4,6,10-11,13H,5,7H2. The zero-order valence-electron chi connectivity index (χ0n) is 7.31. The molecule has 0 heterocycles. The van der Waals surface area contributed by atoms with E-state index >= 15 is 0 Å². The molecule has 2 nitrogen and oxygen atoms in total. The molecule has 1 fully saturated rings. The summed E-state index contributed by atoms with van der Waals surface area (Å²) in [4.78, 5) is 10.4. The van der Waals surface area contributed by atoms with E-state index in [1.54, 1.807) is 0 Å². The molecule has 0 aromatic heterocycles. The lowest BCUT2D eigenvalue weighted by molar-refractivity contribution is 0.112. The topological polar surface area (TPSA) is 37.3 Å². The van der Waals surface area contributed by atoms with Gasteiger partial charge in [0.05, 0.1) is 0 Å². The molecule has 0 spiro atoms. The Kier molecular flexibility index (Phi) is 2.15. The van der Waals surface area contributed by atoms with Gasteiger partial charge >= 0.3 is 0 Å². The zero-order valence-corrected chi connectivity index (χ0v) is 7.31. The Morgan fingerprint density at radius 2 is 2.08 bits per heavy atom. The van der Waals surface area contributed by atoms with Gasteiger partial charge in [-0.15, -0.1) is 0 Å². The molecule has 68 valence electrons. The van der Waals surface area contributed by atoms with E-state index in [4.69, 9.17) is 5.11 Å². The van der Waals surface area contributed by atoms with E-state index in [0.29, 0.717) is 17.4 Å². The van der Waals surface area contributed by atoms with Crippen molar-refractivity contribution in [3.63, 3.8) is 0 Å². The van der Waals surface area contributed by atoms with Crippen LogP contribution in [-0.2, 0) is 0 Å². The van der Waals surface area contributed by atoms with Gasteiger partial charge in [0.15, 0.2) is 0 Å². The van der Waals surface area contributed by atoms with Crippen LogP contribution in [0.15, 0.2) is 24.3 Å². The molecule has 1 aromatic carbocycles. The molecule has 2 heteroatoms. The summed E-state index contributed by atoms with van der Waals surface area (Å²) < 4.78 is 0. The summed E-state index contributed by atoms with van der Waals surface area (Å²) >= 11 is 0. The summed E-state index contributed by atoms with van der Waals surface area (Å²) in [5.74, 6) is 0.966. The van der Waals surface area contributed by atoms with Crippen LogP contribution in [0.3, 0.4) is 0 Å². The highest BCUT2D eigenvalue weighted by Gasteiger charge is 2.37. The first-order valence-corrected chi connectivity index (χ1v) is 4.51. The Hall–Kier alpha value is -1.15. The molecule has 13 heavy (non-hydrogen) atoms. The predicted octanol–water partition coefficient (Wildman–Crippen LogP) is 1.59. The van der Waals surface area contributed by atoms with Crippen molar-refractivity contribution in [2.24, 2.45) is 5.92 Å². The quantitative estimate of drug-likeness (QED) is 0.710. The van der Waals surface area contributed by atoms with Crippen molar-refractivity contribution >= 4 is 6.29 Å². The molecule has 0 radical (unpaired) electrons. The van der Waals surface area contributed by atoms with Crippen molar-refractivity contribution in [1.82, 2.24) is 0 Å². The number of hydrogen-bond acceptors (Lipinski definition) is 2. The second kappa shape index (κ2) is 3.30. The van der Waals surface area contributed by atoms with Crippen LogP contribution in [0.25, 0.3) is 0 Å². The lowest BCUT2D eigenvalue weighted by Gasteiger charge is -1.98. The molecule has 1 aliphatic carbocycles. The first kappa shape index (κ1) is 8.45. The summed E-state index contributed by atoms with van der Waals surface area (Å²) in [6.07, 6.45) is 1.93. The van der Waals surface area contributed by atoms with Crippen LogP contribution in [0, 0.1) is 5.92 Å². The second-order valence-corrected chi connectivity index (χ2v) is 3.57. The van der Waals surface area contributed by atoms with Crippen molar-refractivity contribution in [2.45, 2.75) is 12.3 Å². The molecular formula is C11H12O2. The van der Waals surface area contributed by atoms with Crippen LogP contribution in [0.1, 0.15) is 28.3 Å². The van der Waals surface area contributed by atoms with Gasteiger partial charge < -0.3 is 5.11 Å². The third kappa shape index (κ3) is 1.63. The fourth-order valence-corrected chi connectivity index (χ4v) is 1.68. The molecule has 0 aliphatic heterocycles. The number of carbonyl (C=O) groups is 1. The van der Waals surface area contributed by atoms with Gasteiger partial charge in [0.1, 0.15) is 6.29 Å². The number of benzene rings is 1. The van der Waals surface area contributed by atoms with E-state index < -0.39 is 0 Å². The normalized spacial score (nSPS) is 25.6. The minimum atomic E-state index is 0.278. The minimum absolute atomic E-state index is 0.278. The highest BCUT2D eigenvalue weighted by molar-refractivity contribution is 5.74. The molecule has 1 saturated carbocycles. The Balaban J connectivity index is 2.11. The van der Waals surface area contributed by atoms with E-state index in [-0.39, 0.29) is 6.61 Å². The van der Waals surface area contributed by atoms with E-state index in [1.165, 1.54) is 5.56 Å². The number of hydrogen-bond donors (Lipinski definition) is 1. The molecule has 1 aromatic rings. The average molecular weight is 176 g/mol. The summed E-state index contributed by atoms with van der Waals surface area (Å²) in [6.45, 7) is 0.278. The maximum Gasteiger partial charge on any atom is 0.150 e. The number of rotatable bonds is 3. The first-order valence-electron chi connectivity index (χ1n) is 4.51. The maximum atomic E-state index is 10.4. The molecule has 2 unspecified atom stereocenters. The van der Waals surface area contributed by atoms with Gasteiger partial charge in [0.2, 0.25) is 0 Å². The van der Waals surface area contributed by atoms with Crippen LogP contribution >= 0.6 is 0 Å². The minimum Gasteiger partial charge on any atom is -0.396 e. The molecular weight excluding hydrogens is 164 g/mol. The van der Waals surface area contributed by atoms with Gasteiger partial charge in [-0.25, -0.2) is 0 Å². The third-order valence-electron chi connectivity index (χ3n) is 2.66. The smallest absolute Gasteiger partial charge is 0.150 e. The van der Waals surface area contributed by atoms with Gasteiger partial charge in [0, 0.05) is 12.2 Å². The lowest BCUT2D eigenvalue weighted by Crippen LogP contribution is -1.89. The highest BCUT2D eigenvalue weighted by atomic mass is 16.3. The van der Waals surface area contributed by atoms with Crippen molar-refractivity contribution in [2.75, 3.05) is 6.61 Å². The van der Waals surface area contributed by atoms with Crippen molar-refractivity contribution in [3.8, 4) is 0 Å². The summed E-state index contributed by atoms with van der Waals surface area (Å²) in [5, 5.41) is 8.88. The molecule has 0 amide bonds. The van der Waals surface area contributed by atoms with Crippen molar-refractivity contribution in [3.05, 3.63) is 35.4 Å². The first-order chi connectivity index (χ1) is 6.35. The van der Waals surface area contributed by atoms with Gasteiger partial charge in [-0.05, 0) is 23.8 Å². The molecule has 0 saturated heterocycles. The SMILES string of the molecule is O=Cc1ccc(C2CC2CO)cc1. The average Bonchev–Trinajstić information content (AvgIpc) is 2.97. The summed E-state index contributed by atoms with van der Waals surface area (Å²) in [5.41, 5.74) is 1.95. The Morgan fingerprint density at radius 3 is 2.54 bits per heavy atom. The van der Waals surface area contributed by atoms with Crippen LogP contribution in [0.5, 0.6) is 0 Å². The van der Waals surface area contributed by atoms with Crippen molar-refractivity contribution in [1.29, 1.82) is 0 Å². The molecule has 0 bridgehead atoms. The maximum absolute atomic E-state index is 10.4. The Bertz CT molecular complexity index is 302. The predicted molar refractivity (Wildman–Crippen MR) is 49.8 cm³/mol. The van der Waals surface area contributed by atoms with Gasteiger partial charge in [-0.3, -0.25) is 4.79 Å². The fraction of sp³-hybridized carbons (Fsp3) is 0.364.